The van der Waals surface area contributed by atoms with Crippen molar-refractivity contribution in [3.63, 3.8) is 0 Å². The molecule has 0 aromatic heterocycles. The van der Waals surface area contributed by atoms with Crippen LogP contribution in [-0.4, -0.2) is 92.7 Å². The fourth-order valence-electron chi connectivity index (χ4n) is 4.05. The van der Waals surface area contributed by atoms with Crippen molar-refractivity contribution in [1.82, 2.24) is 5.32 Å². The Balaban J connectivity index is 1.31. The summed E-state index contributed by atoms with van der Waals surface area (Å²) in [5, 5.41) is 11.9. The molecule has 0 bridgehead atoms. The van der Waals surface area contributed by atoms with E-state index in [1.807, 2.05) is 11.8 Å². The van der Waals surface area contributed by atoms with Crippen molar-refractivity contribution in [2.24, 2.45) is 5.92 Å². The second-order valence-electron chi connectivity index (χ2n) is 8.48. The van der Waals surface area contributed by atoms with Crippen LogP contribution in [0, 0.1) is 5.92 Å². The molecule has 10 heteroatoms. The first-order valence-electron chi connectivity index (χ1n) is 12.1. The second-order valence-corrected chi connectivity index (χ2v) is 9.76. The van der Waals surface area contributed by atoms with Crippen molar-refractivity contribution in [3.8, 4) is 0 Å². The number of thioether (sulfide) groups is 1. The van der Waals surface area contributed by atoms with Crippen molar-refractivity contribution in [1.29, 1.82) is 0 Å². The summed E-state index contributed by atoms with van der Waals surface area (Å²) in [5.41, 5.74) is 0.728. The molecular formula is C24H39NO8S. The zero-order valence-corrected chi connectivity index (χ0v) is 20.8. The van der Waals surface area contributed by atoms with Gasteiger partial charge >= 0.3 is 5.97 Å². The molecule has 194 valence electrons. The van der Waals surface area contributed by atoms with Crippen molar-refractivity contribution in [2.45, 2.75) is 56.2 Å². The maximum atomic E-state index is 12.1. The number of carboxylic acid groups (broad SMARTS) is 1. The molecule has 2 heterocycles. The number of fused-ring (bicyclic) bond motifs is 1. The molecule has 2 rings (SSSR count). The number of hydrogen-bond donors (Lipinski definition) is 2. The van der Waals surface area contributed by atoms with Crippen molar-refractivity contribution in [2.75, 3.05) is 58.6 Å². The summed E-state index contributed by atoms with van der Waals surface area (Å²) >= 11 is 1.92. The third kappa shape index (κ3) is 11.3. The number of amides is 1. The Labute approximate surface area is 206 Å². The van der Waals surface area contributed by atoms with E-state index in [2.05, 4.69) is 11.9 Å². The van der Waals surface area contributed by atoms with Crippen LogP contribution in [0.5, 0.6) is 0 Å². The lowest BCUT2D eigenvalue weighted by Crippen LogP contribution is -2.29. The van der Waals surface area contributed by atoms with Gasteiger partial charge in [-0.1, -0.05) is 13.0 Å². The van der Waals surface area contributed by atoms with Gasteiger partial charge in [0.15, 0.2) is 0 Å². The minimum atomic E-state index is -0.874. The van der Waals surface area contributed by atoms with Crippen molar-refractivity contribution < 1.29 is 38.4 Å². The molecule has 0 saturated carbocycles. The Morgan fingerprint density at radius 2 is 1.47 bits per heavy atom. The lowest BCUT2D eigenvalue weighted by Gasteiger charge is -2.16. The van der Waals surface area contributed by atoms with Gasteiger partial charge in [0.25, 0.3) is 0 Å². The van der Waals surface area contributed by atoms with E-state index in [1.54, 1.807) is 0 Å². The molecule has 2 saturated heterocycles. The minimum absolute atomic E-state index is 0.00221. The highest BCUT2D eigenvalue weighted by Crippen LogP contribution is 2.42. The number of carbonyl (C=O) groups is 3. The topological polar surface area (TPSA) is 120 Å². The molecule has 0 radical (unpaired) electrons. The number of carboxylic acids is 1. The molecule has 9 nitrogen and oxygen atoms in total. The van der Waals surface area contributed by atoms with Gasteiger partial charge in [0.05, 0.1) is 52.7 Å². The molecule has 2 aliphatic rings. The van der Waals surface area contributed by atoms with Crippen LogP contribution in [0.2, 0.25) is 0 Å². The zero-order chi connectivity index (χ0) is 24.6. The van der Waals surface area contributed by atoms with Gasteiger partial charge in [0.1, 0.15) is 5.78 Å². The first kappa shape index (κ1) is 28.8. The minimum Gasteiger partial charge on any atom is -0.481 e. The molecule has 34 heavy (non-hydrogen) atoms. The Bertz CT molecular complexity index is 659. The second kappa shape index (κ2) is 17.0. The molecule has 0 aromatic rings. The number of ketones is 1. The first-order chi connectivity index (χ1) is 16.5. The van der Waals surface area contributed by atoms with Gasteiger partial charge in [-0.05, 0) is 19.3 Å². The van der Waals surface area contributed by atoms with Crippen LogP contribution in [0.25, 0.3) is 0 Å². The smallest absolute Gasteiger partial charge is 0.305 e. The van der Waals surface area contributed by atoms with Crippen LogP contribution in [0.15, 0.2) is 12.2 Å². The van der Waals surface area contributed by atoms with Gasteiger partial charge in [-0.2, -0.15) is 11.8 Å². The largest absolute Gasteiger partial charge is 0.481 e. The summed E-state index contributed by atoms with van der Waals surface area (Å²) in [6, 6.07) is 0.249. The lowest BCUT2D eigenvalue weighted by atomic mass is 9.91. The van der Waals surface area contributed by atoms with Gasteiger partial charge in [-0.15, -0.1) is 0 Å². The van der Waals surface area contributed by atoms with Crippen molar-refractivity contribution in [3.05, 3.63) is 12.2 Å². The molecule has 3 unspecified atom stereocenters. The third-order valence-electron chi connectivity index (χ3n) is 5.85. The maximum Gasteiger partial charge on any atom is 0.305 e. The average molecular weight is 502 g/mol. The monoisotopic (exact) mass is 501 g/mol. The summed E-state index contributed by atoms with van der Waals surface area (Å²) in [6.07, 6.45) is 4.80. The highest BCUT2D eigenvalue weighted by atomic mass is 32.2. The molecule has 2 aliphatic heterocycles. The van der Waals surface area contributed by atoms with Gasteiger partial charge < -0.3 is 29.4 Å². The van der Waals surface area contributed by atoms with Gasteiger partial charge in [-0.25, -0.2) is 0 Å². The molecule has 2 N–H and O–H groups in total. The molecule has 3 atom stereocenters. The number of hydrogen-bond acceptors (Lipinski definition) is 8. The van der Waals surface area contributed by atoms with Gasteiger partial charge in [0.2, 0.25) is 5.91 Å². The predicted octanol–water partition coefficient (Wildman–Crippen LogP) is 2.22. The van der Waals surface area contributed by atoms with Crippen LogP contribution < -0.4 is 5.32 Å². The third-order valence-corrected chi connectivity index (χ3v) is 7.36. The highest BCUT2D eigenvalue weighted by Gasteiger charge is 2.45. The number of aliphatic carboxylic acids is 1. The van der Waals surface area contributed by atoms with E-state index >= 15 is 0 Å². The Morgan fingerprint density at radius 3 is 2.12 bits per heavy atom. The van der Waals surface area contributed by atoms with E-state index in [0.29, 0.717) is 64.3 Å². The zero-order valence-electron chi connectivity index (χ0n) is 20.0. The standard InChI is InChI=1S/C24H39NO8S/c1-18-23-20(25-24(18)29)17-34-21(23)7-3-2-5-19(26)6-4-9-30-11-13-32-15-16-33-14-12-31-10-8-22(27)28/h20-21,23H,1-17H2,(H,25,29)(H,27,28). The fraction of sp³-hybridized carbons (Fsp3) is 0.792. The fourth-order valence-corrected chi connectivity index (χ4v) is 5.69. The van der Waals surface area contributed by atoms with Gasteiger partial charge in [-0.3, -0.25) is 14.4 Å². The Kier molecular flexibility index (Phi) is 14.4. The van der Waals surface area contributed by atoms with Crippen LogP contribution in [0.4, 0.5) is 0 Å². The quantitative estimate of drug-likeness (QED) is 0.180. The van der Waals surface area contributed by atoms with Gasteiger partial charge in [0, 0.05) is 48.0 Å². The molecule has 1 amide bonds. The number of nitrogens with one attached hydrogen (secondary N) is 1. The number of ether oxygens (including phenoxy) is 4. The number of unbranched alkanes of at least 4 members (excludes halogenated alkanes) is 1. The SMILES string of the molecule is C=C1C(=O)NC2CSC(CCCCC(=O)CCCOCCOCCOCCOCCC(=O)O)C12. The first-order valence-corrected chi connectivity index (χ1v) is 13.2. The summed E-state index contributed by atoms with van der Waals surface area (Å²) < 4.78 is 21.3. The maximum absolute atomic E-state index is 12.1. The van der Waals surface area contributed by atoms with Crippen LogP contribution >= 0.6 is 11.8 Å². The van der Waals surface area contributed by atoms with E-state index in [-0.39, 0.29) is 36.7 Å². The van der Waals surface area contributed by atoms with E-state index in [4.69, 9.17) is 24.1 Å². The summed E-state index contributed by atoms with van der Waals surface area (Å²) in [7, 11) is 0. The lowest BCUT2D eigenvalue weighted by molar-refractivity contribution is -0.138. The number of Topliss-reactive ketones (excluding diaryl/α,β-unsaturated/α-hetero) is 1. The molecule has 0 spiro atoms. The molecular weight excluding hydrogens is 462 g/mol. The van der Waals surface area contributed by atoms with Crippen LogP contribution in [0.1, 0.15) is 44.9 Å². The van der Waals surface area contributed by atoms with Crippen LogP contribution in [0.3, 0.4) is 0 Å². The molecule has 0 aromatic carbocycles. The highest BCUT2D eigenvalue weighted by molar-refractivity contribution is 8.00. The summed E-state index contributed by atoms with van der Waals surface area (Å²) in [6.45, 7) is 7.32. The van der Waals surface area contributed by atoms with Crippen molar-refractivity contribution >= 4 is 29.4 Å². The van der Waals surface area contributed by atoms with E-state index in [1.165, 1.54) is 0 Å². The number of carbonyl (C=O) groups excluding carboxylic acids is 2. The summed E-state index contributed by atoms with van der Waals surface area (Å²) in [4.78, 5) is 34.1. The number of rotatable bonds is 21. The van der Waals surface area contributed by atoms with Crippen LogP contribution in [-0.2, 0) is 33.3 Å². The normalized spacial score (nSPS) is 21.6. The van der Waals surface area contributed by atoms with E-state index in [0.717, 1.165) is 37.0 Å². The molecule has 0 aliphatic carbocycles. The Hall–Kier alpha value is -1.46. The molecule has 2 fully saturated rings. The summed E-state index contributed by atoms with van der Waals surface area (Å²) in [5.74, 6) is 0.638. The van der Waals surface area contributed by atoms with E-state index < -0.39 is 5.97 Å². The van der Waals surface area contributed by atoms with E-state index in [9.17, 15) is 14.4 Å². The average Bonchev–Trinajstić information content (AvgIpc) is 3.33. The Morgan fingerprint density at radius 1 is 0.882 bits per heavy atom. The predicted molar refractivity (Wildman–Crippen MR) is 129 cm³/mol.